The highest BCUT2D eigenvalue weighted by Crippen LogP contribution is 2.22. The summed E-state index contributed by atoms with van der Waals surface area (Å²) in [5.41, 5.74) is 1.51. The van der Waals surface area contributed by atoms with Crippen LogP contribution in [0.25, 0.3) is 0 Å². The zero-order valence-corrected chi connectivity index (χ0v) is 13.9. The van der Waals surface area contributed by atoms with Crippen molar-refractivity contribution in [3.63, 3.8) is 0 Å². The van der Waals surface area contributed by atoms with Crippen molar-refractivity contribution in [2.75, 3.05) is 5.32 Å². The summed E-state index contributed by atoms with van der Waals surface area (Å²) in [6.07, 6.45) is 1.38. The molecule has 0 spiro atoms. The molecule has 0 fully saturated rings. The van der Waals surface area contributed by atoms with Crippen molar-refractivity contribution >= 4 is 22.6 Å². The average Bonchev–Trinajstić information content (AvgIpc) is 3.04. The number of aromatic nitrogens is 1. The summed E-state index contributed by atoms with van der Waals surface area (Å²) >= 11 is 1.25. The molecule has 1 N–H and O–H groups in total. The number of amides is 1. The summed E-state index contributed by atoms with van der Waals surface area (Å²) in [6, 6.07) is 13.1. The zero-order valence-electron chi connectivity index (χ0n) is 13.0. The number of benzene rings is 2. The third-order valence-electron chi connectivity index (χ3n) is 3.34. The monoisotopic (exact) mass is 360 g/mol. The quantitative estimate of drug-likeness (QED) is 0.714. The maximum atomic E-state index is 13.2. The van der Waals surface area contributed by atoms with Gasteiger partial charge < -0.3 is 4.74 Å². The molecule has 25 heavy (non-hydrogen) atoms. The minimum atomic E-state index is -0.884. The Balaban J connectivity index is 1.54. The number of carbonyl (C=O) groups excluding carboxylic acids is 1. The Morgan fingerprint density at radius 2 is 1.88 bits per heavy atom. The van der Waals surface area contributed by atoms with E-state index in [2.05, 4.69) is 10.3 Å². The Morgan fingerprint density at radius 1 is 1.08 bits per heavy atom. The third-order valence-corrected chi connectivity index (χ3v) is 4.25. The van der Waals surface area contributed by atoms with E-state index in [-0.39, 0.29) is 6.61 Å². The van der Waals surface area contributed by atoms with Crippen molar-refractivity contribution in [2.24, 2.45) is 0 Å². The SMILES string of the molecule is O=C(Nc1ncc(Cc2ccc(F)c(F)c2)s1)OCc1ccccc1. The van der Waals surface area contributed by atoms with Gasteiger partial charge in [-0.2, -0.15) is 0 Å². The van der Waals surface area contributed by atoms with Crippen molar-refractivity contribution in [3.05, 3.63) is 82.4 Å². The van der Waals surface area contributed by atoms with Gasteiger partial charge >= 0.3 is 6.09 Å². The highest BCUT2D eigenvalue weighted by Gasteiger charge is 2.09. The van der Waals surface area contributed by atoms with Gasteiger partial charge in [-0.05, 0) is 23.3 Å². The summed E-state index contributed by atoms with van der Waals surface area (Å²) in [4.78, 5) is 16.7. The molecule has 0 aliphatic heterocycles. The predicted molar refractivity (Wildman–Crippen MR) is 91.5 cm³/mol. The summed E-state index contributed by atoms with van der Waals surface area (Å²) in [5, 5.41) is 2.94. The summed E-state index contributed by atoms with van der Waals surface area (Å²) < 4.78 is 31.3. The maximum Gasteiger partial charge on any atom is 0.413 e. The second-order valence-electron chi connectivity index (χ2n) is 5.24. The van der Waals surface area contributed by atoms with E-state index in [4.69, 9.17) is 4.74 Å². The normalized spacial score (nSPS) is 10.5. The minimum Gasteiger partial charge on any atom is -0.444 e. The van der Waals surface area contributed by atoms with Crippen LogP contribution in [0.2, 0.25) is 0 Å². The molecule has 0 atom stereocenters. The number of nitrogens with one attached hydrogen (secondary N) is 1. The molecule has 3 rings (SSSR count). The summed E-state index contributed by atoms with van der Waals surface area (Å²) in [6.45, 7) is 0.166. The largest absolute Gasteiger partial charge is 0.444 e. The fourth-order valence-electron chi connectivity index (χ4n) is 2.14. The first-order valence-corrected chi connectivity index (χ1v) is 8.28. The summed E-state index contributed by atoms with van der Waals surface area (Å²) in [5.74, 6) is -1.76. The number of nitrogens with zero attached hydrogens (tertiary/aromatic N) is 1. The van der Waals surface area contributed by atoms with E-state index >= 15 is 0 Å². The lowest BCUT2D eigenvalue weighted by Crippen LogP contribution is -2.13. The van der Waals surface area contributed by atoms with E-state index in [9.17, 15) is 13.6 Å². The van der Waals surface area contributed by atoms with Crippen molar-refractivity contribution in [1.29, 1.82) is 0 Å². The van der Waals surface area contributed by atoms with Crippen LogP contribution >= 0.6 is 11.3 Å². The van der Waals surface area contributed by atoms with Crippen LogP contribution in [0.4, 0.5) is 18.7 Å². The zero-order chi connectivity index (χ0) is 17.6. The third kappa shape index (κ3) is 4.84. The Kier molecular flexibility index (Phi) is 5.35. The molecule has 0 aliphatic rings. The first-order chi connectivity index (χ1) is 12.1. The number of thiazole rings is 1. The molecule has 3 aromatic rings. The maximum absolute atomic E-state index is 13.2. The number of halogens is 2. The van der Waals surface area contributed by atoms with Gasteiger partial charge in [0, 0.05) is 17.5 Å². The van der Waals surface area contributed by atoms with Crippen LogP contribution in [-0.4, -0.2) is 11.1 Å². The van der Waals surface area contributed by atoms with E-state index in [1.165, 1.54) is 17.4 Å². The fourth-order valence-corrected chi connectivity index (χ4v) is 2.98. The van der Waals surface area contributed by atoms with Crippen molar-refractivity contribution < 1.29 is 18.3 Å². The molecule has 1 heterocycles. The lowest BCUT2D eigenvalue weighted by atomic mass is 10.1. The highest BCUT2D eigenvalue weighted by atomic mass is 32.1. The van der Waals surface area contributed by atoms with Crippen molar-refractivity contribution in [3.8, 4) is 0 Å². The first kappa shape index (κ1) is 17.0. The lowest BCUT2D eigenvalue weighted by Gasteiger charge is -2.04. The van der Waals surface area contributed by atoms with Crippen LogP contribution in [0.5, 0.6) is 0 Å². The number of carbonyl (C=O) groups is 1. The Labute approximate surface area is 147 Å². The van der Waals surface area contributed by atoms with Crippen molar-refractivity contribution in [2.45, 2.75) is 13.0 Å². The smallest absolute Gasteiger partial charge is 0.413 e. The fraction of sp³-hybridized carbons (Fsp3) is 0.111. The van der Waals surface area contributed by atoms with Gasteiger partial charge in [-0.15, -0.1) is 11.3 Å². The molecule has 0 saturated heterocycles. The molecular weight excluding hydrogens is 346 g/mol. The number of ether oxygens (including phenoxy) is 1. The highest BCUT2D eigenvalue weighted by molar-refractivity contribution is 7.15. The van der Waals surface area contributed by atoms with Gasteiger partial charge in [0.15, 0.2) is 16.8 Å². The Morgan fingerprint density at radius 3 is 2.64 bits per heavy atom. The average molecular weight is 360 g/mol. The number of rotatable bonds is 5. The van der Waals surface area contributed by atoms with Gasteiger partial charge in [-0.25, -0.2) is 18.6 Å². The van der Waals surface area contributed by atoms with Crippen LogP contribution in [0.3, 0.4) is 0 Å². The number of anilines is 1. The minimum absolute atomic E-state index is 0.166. The molecular formula is C18H14F2N2O2S. The van der Waals surface area contributed by atoms with E-state index in [1.807, 2.05) is 30.3 Å². The van der Waals surface area contributed by atoms with Crippen LogP contribution in [0.1, 0.15) is 16.0 Å². The van der Waals surface area contributed by atoms with Gasteiger partial charge in [-0.3, -0.25) is 5.32 Å². The molecule has 0 unspecified atom stereocenters. The molecule has 0 saturated carbocycles. The van der Waals surface area contributed by atoms with Crippen molar-refractivity contribution in [1.82, 2.24) is 4.98 Å². The molecule has 0 bridgehead atoms. The Bertz CT molecular complexity index is 869. The second kappa shape index (κ2) is 7.85. The van der Waals surface area contributed by atoms with E-state index in [0.717, 1.165) is 22.6 Å². The molecule has 7 heteroatoms. The van der Waals surface area contributed by atoms with Gasteiger partial charge in [0.2, 0.25) is 0 Å². The second-order valence-corrected chi connectivity index (χ2v) is 6.36. The van der Waals surface area contributed by atoms with Gasteiger partial charge in [0.05, 0.1) is 0 Å². The van der Waals surface area contributed by atoms with Gasteiger partial charge in [-0.1, -0.05) is 36.4 Å². The molecule has 1 amide bonds. The number of hydrogen-bond donors (Lipinski definition) is 1. The number of hydrogen-bond acceptors (Lipinski definition) is 4. The van der Waals surface area contributed by atoms with E-state index in [1.54, 1.807) is 6.20 Å². The molecule has 0 aliphatic carbocycles. The van der Waals surface area contributed by atoms with E-state index in [0.29, 0.717) is 17.1 Å². The van der Waals surface area contributed by atoms with Crippen LogP contribution in [-0.2, 0) is 17.8 Å². The van der Waals surface area contributed by atoms with Crippen LogP contribution < -0.4 is 5.32 Å². The van der Waals surface area contributed by atoms with E-state index < -0.39 is 17.7 Å². The van der Waals surface area contributed by atoms with Crippen LogP contribution in [0, 0.1) is 11.6 Å². The topological polar surface area (TPSA) is 51.2 Å². The Hall–Kier alpha value is -2.80. The standard InChI is InChI=1S/C18H14F2N2O2S/c19-15-7-6-13(9-16(15)20)8-14-10-21-17(25-14)22-18(23)24-11-12-4-2-1-3-5-12/h1-7,9-10H,8,11H2,(H,21,22,23). The van der Waals surface area contributed by atoms with Gasteiger partial charge in [0.1, 0.15) is 6.61 Å². The molecule has 2 aromatic carbocycles. The first-order valence-electron chi connectivity index (χ1n) is 7.46. The molecule has 0 radical (unpaired) electrons. The predicted octanol–water partition coefficient (Wildman–Crippen LogP) is 4.76. The van der Waals surface area contributed by atoms with Gasteiger partial charge in [0.25, 0.3) is 0 Å². The molecule has 1 aromatic heterocycles. The lowest BCUT2D eigenvalue weighted by molar-refractivity contribution is 0.155. The molecule has 128 valence electrons. The molecule has 4 nitrogen and oxygen atoms in total. The summed E-state index contributed by atoms with van der Waals surface area (Å²) in [7, 11) is 0. The van der Waals surface area contributed by atoms with Crippen LogP contribution in [0.15, 0.2) is 54.7 Å².